The van der Waals surface area contributed by atoms with E-state index in [1.54, 1.807) is 0 Å². The van der Waals surface area contributed by atoms with Crippen molar-refractivity contribution in [1.82, 2.24) is 10.6 Å². The van der Waals surface area contributed by atoms with Gasteiger partial charge in [0.15, 0.2) is 0 Å². The van der Waals surface area contributed by atoms with Crippen LogP contribution >= 0.6 is 0 Å². The van der Waals surface area contributed by atoms with E-state index in [-0.39, 0.29) is 24.1 Å². The molecule has 0 radical (unpaired) electrons. The van der Waals surface area contributed by atoms with E-state index >= 15 is 0 Å². The number of carboxylic acid groups (broad SMARTS) is 1. The summed E-state index contributed by atoms with van der Waals surface area (Å²) in [7, 11) is 0. The number of aliphatic carboxylic acids is 1. The maximum Gasteiger partial charge on any atom is 0.315 e. The highest BCUT2D eigenvalue weighted by Crippen LogP contribution is 2.25. The lowest BCUT2D eigenvalue weighted by atomic mass is 10.1. The number of nitrogens with one attached hydrogen (secondary N) is 2. The Morgan fingerprint density at radius 2 is 2.05 bits per heavy atom. The number of ether oxygens (including phenoxy) is 1. The van der Waals surface area contributed by atoms with Crippen LogP contribution in [0.25, 0.3) is 0 Å². The summed E-state index contributed by atoms with van der Waals surface area (Å²) in [4.78, 5) is 22.4. The van der Waals surface area contributed by atoms with Crippen molar-refractivity contribution in [2.24, 2.45) is 5.92 Å². The Balaban J connectivity index is 2.02. The molecule has 0 aromatic rings. The summed E-state index contributed by atoms with van der Waals surface area (Å²) in [6.07, 6.45) is 3.96. The molecule has 1 saturated carbocycles. The van der Waals surface area contributed by atoms with Crippen molar-refractivity contribution in [3.05, 3.63) is 0 Å². The van der Waals surface area contributed by atoms with Gasteiger partial charge in [-0.05, 0) is 46.0 Å². The third kappa shape index (κ3) is 6.75. The lowest BCUT2D eigenvalue weighted by Crippen LogP contribution is -2.41. The van der Waals surface area contributed by atoms with Gasteiger partial charge in [-0.1, -0.05) is 0 Å². The van der Waals surface area contributed by atoms with Crippen LogP contribution in [0.15, 0.2) is 0 Å². The first-order valence-corrected chi connectivity index (χ1v) is 7.37. The summed E-state index contributed by atoms with van der Waals surface area (Å²) in [5.41, 5.74) is 0. The fourth-order valence-corrected chi connectivity index (χ4v) is 2.32. The molecule has 0 unspecified atom stereocenters. The number of urea groups is 1. The molecule has 1 rings (SSSR count). The molecule has 2 atom stereocenters. The lowest BCUT2D eigenvalue weighted by Gasteiger charge is -2.13. The van der Waals surface area contributed by atoms with Crippen molar-refractivity contribution in [2.45, 2.75) is 58.1 Å². The monoisotopic (exact) mass is 286 g/mol. The second-order valence-corrected chi connectivity index (χ2v) is 5.57. The summed E-state index contributed by atoms with van der Waals surface area (Å²) < 4.78 is 5.41. The average Bonchev–Trinajstić information content (AvgIpc) is 2.81. The van der Waals surface area contributed by atoms with Gasteiger partial charge in [-0.3, -0.25) is 4.79 Å². The number of carboxylic acids is 1. The maximum atomic E-state index is 11.6. The zero-order chi connectivity index (χ0) is 15.0. The zero-order valence-corrected chi connectivity index (χ0v) is 12.4. The van der Waals surface area contributed by atoms with Gasteiger partial charge in [0.25, 0.3) is 0 Å². The van der Waals surface area contributed by atoms with Gasteiger partial charge < -0.3 is 20.5 Å². The molecule has 0 aliphatic heterocycles. The Labute approximate surface area is 120 Å². The summed E-state index contributed by atoms with van der Waals surface area (Å²) in [5, 5.41) is 14.5. The number of rotatable bonds is 8. The highest BCUT2D eigenvalue weighted by atomic mass is 16.5. The van der Waals surface area contributed by atoms with Gasteiger partial charge in [-0.15, -0.1) is 0 Å². The fourth-order valence-electron chi connectivity index (χ4n) is 2.32. The molecule has 3 N–H and O–H groups in total. The fraction of sp³-hybridized carbons (Fsp3) is 0.857. The second kappa shape index (κ2) is 8.79. The summed E-state index contributed by atoms with van der Waals surface area (Å²) in [6, 6.07) is -0.216. The minimum absolute atomic E-state index is 0.0135. The third-order valence-electron chi connectivity index (χ3n) is 3.42. The van der Waals surface area contributed by atoms with Crippen LogP contribution in [-0.2, 0) is 9.53 Å². The predicted molar refractivity (Wildman–Crippen MR) is 75.6 cm³/mol. The highest BCUT2D eigenvalue weighted by molar-refractivity contribution is 5.75. The number of carbonyl (C=O) groups excluding carboxylic acids is 1. The average molecular weight is 286 g/mol. The molecular weight excluding hydrogens is 260 g/mol. The Morgan fingerprint density at radius 3 is 2.65 bits per heavy atom. The molecule has 0 aromatic carbocycles. The first-order valence-electron chi connectivity index (χ1n) is 7.37. The Morgan fingerprint density at radius 1 is 1.30 bits per heavy atom. The molecule has 20 heavy (non-hydrogen) atoms. The number of amides is 2. The van der Waals surface area contributed by atoms with E-state index in [9.17, 15) is 9.59 Å². The van der Waals surface area contributed by atoms with E-state index in [1.165, 1.54) is 0 Å². The van der Waals surface area contributed by atoms with E-state index in [2.05, 4.69) is 10.6 Å². The maximum absolute atomic E-state index is 11.6. The van der Waals surface area contributed by atoms with Crippen LogP contribution < -0.4 is 10.6 Å². The number of hydrogen-bond acceptors (Lipinski definition) is 3. The van der Waals surface area contributed by atoms with Crippen molar-refractivity contribution in [2.75, 3.05) is 13.2 Å². The SMILES string of the molecule is CC(C)OCCCCNC(=O)N[C@H]1CC[C@@H](C(=O)O)C1. The van der Waals surface area contributed by atoms with Crippen LogP contribution in [0.2, 0.25) is 0 Å². The first kappa shape index (κ1) is 16.8. The van der Waals surface area contributed by atoms with Gasteiger partial charge in [0.2, 0.25) is 0 Å². The van der Waals surface area contributed by atoms with Crippen molar-refractivity contribution < 1.29 is 19.4 Å². The molecule has 6 heteroatoms. The summed E-state index contributed by atoms with van der Waals surface area (Å²) in [5.74, 6) is -1.08. The molecular formula is C14H26N2O4. The summed E-state index contributed by atoms with van der Waals surface area (Å²) >= 11 is 0. The van der Waals surface area contributed by atoms with E-state index in [1.807, 2.05) is 13.8 Å². The van der Waals surface area contributed by atoms with Crippen LogP contribution in [0.3, 0.4) is 0 Å². The van der Waals surface area contributed by atoms with Crippen LogP contribution in [0.5, 0.6) is 0 Å². The van der Waals surface area contributed by atoms with Gasteiger partial charge in [0, 0.05) is 19.2 Å². The first-order chi connectivity index (χ1) is 9.49. The quantitative estimate of drug-likeness (QED) is 0.593. The number of unbranched alkanes of at least 4 members (excludes halogenated alkanes) is 1. The molecule has 0 bridgehead atoms. The molecule has 0 spiro atoms. The van der Waals surface area contributed by atoms with Gasteiger partial charge >= 0.3 is 12.0 Å². The van der Waals surface area contributed by atoms with E-state index < -0.39 is 5.97 Å². The van der Waals surface area contributed by atoms with Crippen LogP contribution in [0.1, 0.15) is 46.0 Å². The molecule has 2 amide bonds. The van der Waals surface area contributed by atoms with Crippen molar-refractivity contribution in [3.63, 3.8) is 0 Å². The molecule has 0 heterocycles. The Bertz CT molecular complexity index is 320. The Hall–Kier alpha value is -1.30. The predicted octanol–water partition coefficient (Wildman–Crippen LogP) is 1.74. The van der Waals surface area contributed by atoms with Gasteiger partial charge in [0.1, 0.15) is 0 Å². The highest BCUT2D eigenvalue weighted by Gasteiger charge is 2.30. The topological polar surface area (TPSA) is 87.7 Å². The molecule has 0 saturated heterocycles. The largest absolute Gasteiger partial charge is 0.481 e. The van der Waals surface area contributed by atoms with Crippen molar-refractivity contribution in [1.29, 1.82) is 0 Å². The minimum Gasteiger partial charge on any atom is -0.481 e. The van der Waals surface area contributed by atoms with Crippen molar-refractivity contribution in [3.8, 4) is 0 Å². The van der Waals surface area contributed by atoms with Crippen LogP contribution in [0, 0.1) is 5.92 Å². The van der Waals surface area contributed by atoms with Crippen LogP contribution in [-0.4, -0.2) is 42.4 Å². The van der Waals surface area contributed by atoms with Crippen molar-refractivity contribution >= 4 is 12.0 Å². The molecule has 116 valence electrons. The smallest absolute Gasteiger partial charge is 0.315 e. The standard InChI is InChI=1S/C14H26N2O4/c1-10(2)20-8-4-3-7-15-14(19)16-12-6-5-11(9-12)13(17)18/h10-12H,3-9H2,1-2H3,(H,17,18)(H2,15,16,19)/t11-,12+/m1/s1. The zero-order valence-electron chi connectivity index (χ0n) is 12.4. The van der Waals surface area contributed by atoms with Gasteiger partial charge in [0.05, 0.1) is 12.0 Å². The number of hydrogen-bond donors (Lipinski definition) is 3. The molecule has 0 aromatic heterocycles. The lowest BCUT2D eigenvalue weighted by molar-refractivity contribution is -0.141. The third-order valence-corrected chi connectivity index (χ3v) is 3.42. The number of carbonyl (C=O) groups is 2. The van der Waals surface area contributed by atoms with Crippen LogP contribution in [0.4, 0.5) is 4.79 Å². The van der Waals surface area contributed by atoms with E-state index in [0.717, 1.165) is 19.3 Å². The molecule has 1 aliphatic rings. The minimum atomic E-state index is -0.764. The summed E-state index contributed by atoms with van der Waals surface area (Å²) in [6.45, 7) is 5.32. The van der Waals surface area contributed by atoms with Gasteiger partial charge in [-0.25, -0.2) is 4.79 Å². The Kier molecular flexibility index (Phi) is 7.36. The normalized spacial score (nSPS) is 21.9. The molecule has 1 fully saturated rings. The van der Waals surface area contributed by atoms with Gasteiger partial charge in [-0.2, -0.15) is 0 Å². The van der Waals surface area contributed by atoms with E-state index in [0.29, 0.717) is 26.0 Å². The van der Waals surface area contributed by atoms with E-state index in [4.69, 9.17) is 9.84 Å². The molecule has 1 aliphatic carbocycles. The second-order valence-electron chi connectivity index (χ2n) is 5.57. The molecule has 6 nitrogen and oxygen atoms in total.